The Morgan fingerprint density at radius 3 is 2.65 bits per heavy atom. The highest BCUT2D eigenvalue weighted by molar-refractivity contribution is 5.88. The number of carbonyl (C=O) groups excluding carboxylic acids is 2. The third kappa shape index (κ3) is 7.59. The maximum absolute atomic E-state index is 13.6. The van der Waals surface area contributed by atoms with E-state index in [2.05, 4.69) is 18.5 Å². The van der Waals surface area contributed by atoms with Gasteiger partial charge in [0.2, 0.25) is 0 Å². The Bertz CT molecular complexity index is 960. The zero-order chi connectivity index (χ0) is 27.2. The number of allylic oxidation sites excluding steroid dienone is 1. The zero-order valence-corrected chi connectivity index (χ0v) is 22.6. The fraction of sp³-hybridized carbons (Fsp3) is 0.633. The molecule has 0 bridgehead atoms. The van der Waals surface area contributed by atoms with Crippen molar-refractivity contribution in [1.82, 2.24) is 4.98 Å². The molecule has 7 nitrogen and oxygen atoms in total. The molecule has 37 heavy (non-hydrogen) atoms. The number of hydrogen-bond donors (Lipinski definition) is 2. The summed E-state index contributed by atoms with van der Waals surface area (Å²) in [6, 6.07) is 5.58. The van der Waals surface area contributed by atoms with E-state index in [0.29, 0.717) is 19.3 Å². The number of hydrogen-bond acceptors (Lipinski definition) is 7. The number of ketones is 1. The molecule has 7 heteroatoms. The second kappa shape index (κ2) is 12.5. The lowest BCUT2D eigenvalue weighted by Gasteiger charge is -2.36. The average molecular weight is 514 g/mol. The van der Waals surface area contributed by atoms with E-state index in [1.807, 2.05) is 31.2 Å². The van der Waals surface area contributed by atoms with Crippen LogP contribution in [-0.2, 0) is 19.1 Å². The molecular formula is C30H43NO6. The number of ether oxygens (including phenoxy) is 2. The van der Waals surface area contributed by atoms with Crippen LogP contribution in [0.3, 0.4) is 0 Å². The summed E-state index contributed by atoms with van der Waals surface area (Å²) in [5, 5.41) is 22.2. The van der Waals surface area contributed by atoms with Crippen LogP contribution in [0, 0.1) is 17.3 Å². The van der Waals surface area contributed by atoms with Crippen LogP contribution in [0.4, 0.5) is 0 Å². The summed E-state index contributed by atoms with van der Waals surface area (Å²) in [6.45, 7) is 11.1. The van der Waals surface area contributed by atoms with Gasteiger partial charge in [0.1, 0.15) is 11.9 Å². The van der Waals surface area contributed by atoms with Crippen LogP contribution in [-0.4, -0.2) is 57.0 Å². The normalized spacial score (nSPS) is 35.5. The number of pyridine rings is 1. The van der Waals surface area contributed by atoms with Gasteiger partial charge in [0, 0.05) is 18.5 Å². The molecule has 0 amide bonds. The van der Waals surface area contributed by atoms with E-state index >= 15 is 0 Å². The number of cyclic esters (lactones) is 1. The highest BCUT2D eigenvalue weighted by Crippen LogP contribution is 2.44. The Kier molecular flexibility index (Phi) is 9.84. The summed E-state index contributed by atoms with van der Waals surface area (Å²) >= 11 is 0. The SMILES string of the molecule is C=CCC[C@H]1C(=O)C(C)(C)[C@@H](O)CC(=O)O[C@H](/C=C/c2ccccn2)CC2OC2(C)CCC[C@H](C)[C@@H]1O. The Morgan fingerprint density at radius 1 is 1.22 bits per heavy atom. The van der Waals surface area contributed by atoms with Crippen LogP contribution in [0.15, 0.2) is 43.1 Å². The second-order valence-electron chi connectivity index (χ2n) is 11.4. The average Bonchev–Trinajstić information content (AvgIpc) is 3.50. The molecule has 0 aromatic carbocycles. The van der Waals surface area contributed by atoms with Gasteiger partial charge in [0.05, 0.1) is 41.4 Å². The molecule has 2 unspecified atom stereocenters. The summed E-state index contributed by atoms with van der Waals surface area (Å²) in [6.07, 6.45) is 7.93. The molecule has 2 aliphatic rings. The predicted molar refractivity (Wildman–Crippen MR) is 142 cm³/mol. The fourth-order valence-electron chi connectivity index (χ4n) is 5.23. The lowest BCUT2D eigenvalue weighted by Crippen LogP contribution is -2.46. The number of carbonyl (C=O) groups is 2. The van der Waals surface area contributed by atoms with E-state index in [1.54, 1.807) is 32.2 Å². The number of epoxide rings is 1. The Balaban J connectivity index is 1.84. The van der Waals surface area contributed by atoms with Gasteiger partial charge >= 0.3 is 5.97 Å². The van der Waals surface area contributed by atoms with Gasteiger partial charge in [-0.3, -0.25) is 14.6 Å². The summed E-state index contributed by atoms with van der Waals surface area (Å²) in [5.41, 5.74) is -0.805. The third-order valence-electron chi connectivity index (χ3n) is 8.11. The van der Waals surface area contributed by atoms with Gasteiger partial charge in [-0.1, -0.05) is 39.3 Å². The smallest absolute Gasteiger partial charge is 0.309 e. The second-order valence-corrected chi connectivity index (χ2v) is 11.4. The summed E-state index contributed by atoms with van der Waals surface area (Å²) in [7, 11) is 0. The van der Waals surface area contributed by atoms with E-state index in [0.717, 1.165) is 25.0 Å². The molecule has 3 rings (SSSR count). The maximum Gasteiger partial charge on any atom is 0.309 e. The first-order chi connectivity index (χ1) is 17.5. The van der Waals surface area contributed by atoms with Crippen molar-refractivity contribution in [2.45, 2.75) is 103 Å². The number of rotatable bonds is 5. The molecule has 2 fully saturated rings. The lowest BCUT2D eigenvalue weighted by atomic mass is 9.71. The minimum Gasteiger partial charge on any atom is -0.458 e. The van der Waals surface area contributed by atoms with Crippen molar-refractivity contribution >= 4 is 17.8 Å². The summed E-state index contributed by atoms with van der Waals surface area (Å²) in [5.74, 6) is -1.59. The molecular weight excluding hydrogens is 470 g/mol. The van der Waals surface area contributed by atoms with Crippen LogP contribution in [0.25, 0.3) is 6.08 Å². The zero-order valence-electron chi connectivity index (χ0n) is 22.6. The van der Waals surface area contributed by atoms with Gasteiger partial charge in [0.25, 0.3) is 0 Å². The van der Waals surface area contributed by atoms with Crippen molar-refractivity contribution in [3.05, 3.63) is 48.8 Å². The van der Waals surface area contributed by atoms with Crippen molar-refractivity contribution in [2.75, 3.05) is 0 Å². The van der Waals surface area contributed by atoms with Crippen LogP contribution < -0.4 is 0 Å². The predicted octanol–water partition coefficient (Wildman–Crippen LogP) is 4.66. The number of esters is 1. The highest BCUT2D eigenvalue weighted by Gasteiger charge is 2.52. The minimum absolute atomic E-state index is 0.0601. The monoisotopic (exact) mass is 513 g/mol. The Hall–Kier alpha value is -2.35. The number of nitrogens with zero attached hydrogens (tertiary/aromatic N) is 1. The van der Waals surface area contributed by atoms with E-state index in [4.69, 9.17) is 9.47 Å². The standard InChI is InChI=1S/C30H43NO6/c1-6-7-13-23-27(34)20(2)11-10-16-30(5)25(37-30)18-22(15-14-21-12-8-9-17-31-21)36-26(33)19-24(32)29(3,4)28(23)35/h6,8-9,12,14-15,17,20,22-25,27,32,34H,1,7,10-11,13,16,18-19H2,2-5H3/b15-14+/t20-,22+,23+,24-,25?,27-,30?/m0/s1. The summed E-state index contributed by atoms with van der Waals surface area (Å²) in [4.78, 5) is 30.8. The van der Waals surface area contributed by atoms with Crippen LogP contribution in [0.2, 0.25) is 0 Å². The minimum atomic E-state index is -1.25. The Morgan fingerprint density at radius 2 is 1.97 bits per heavy atom. The molecule has 7 atom stereocenters. The molecule has 2 saturated heterocycles. The van der Waals surface area contributed by atoms with Gasteiger partial charge < -0.3 is 19.7 Å². The number of fused-ring (bicyclic) bond motifs is 1. The molecule has 0 saturated carbocycles. The van der Waals surface area contributed by atoms with Gasteiger partial charge in [0.15, 0.2) is 0 Å². The van der Waals surface area contributed by atoms with Crippen LogP contribution in [0.1, 0.15) is 78.3 Å². The lowest BCUT2D eigenvalue weighted by molar-refractivity contribution is -0.154. The van der Waals surface area contributed by atoms with E-state index < -0.39 is 35.6 Å². The van der Waals surface area contributed by atoms with Gasteiger partial charge in [-0.05, 0) is 62.8 Å². The molecule has 0 radical (unpaired) electrons. The topological polar surface area (TPSA) is 109 Å². The van der Waals surface area contributed by atoms with Crippen molar-refractivity contribution in [2.24, 2.45) is 17.3 Å². The maximum atomic E-state index is 13.6. The molecule has 0 aliphatic carbocycles. The van der Waals surface area contributed by atoms with Gasteiger partial charge in [-0.2, -0.15) is 0 Å². The van der Waals surface area contributed by atoms with E-state index in [1.165, 1.54) is 0 Å². The molecule has 3 heterocycles. The largest absolute Gasteiger partial charge is 0.458 e. The number of aromatic nitrogens is 1. The molecule has 204 valence electrons. The molecule has 2 aliphatic heterocycles. The van der Waals surface area contributed by atoms with Gasteiger partial charge in [-0.15, -0.1) is 6.58 Å². The van der Waals surface area contributed by atoms with E-state index in [-0.39, 0.29) is 29.8 Å². The van der Waals surface area contributed by atoms with E-state index in [9.17, 15) is 19.8 Å². The number of Topliss-reactive ketones (excluding diaryl/α,β-unsaturated/α-hetero) is 1. The van der Waals surface area contributed by atoms with Gasteiger partial charge in [-0.25, -0.2) is 0 Å². The molecule has 0 spiro atoms. The first-order valence-electron chi connectivity index (χ1n) is 13.5. The Labute approximate surface area is 221 Å². The first-order valence-corrected chi connectivity index (χ1v) is 13.5. The molecule has 2 N–H and O–H groups in total. The quantitative estimate of drug-likeness (QED) is 0.335. The molecule has 1 aromatic rings. The highest BCUT2D eigenvalue weighted by atomic mass is 16.6. The fourth-order valence-corrected chi connectivity index (χ4v) is 5.23. The molecule has 1 aromatic heterocycles. The first kappa shape index (κ1) is 29.2. The van der Waals surface area contributed by atoms with Crippen LogP contribution in [0.5, 0.6) is 0 Å². The van der Waals surface area contributed by atoms with Crippen molar-refractivity contribution in [3.63, 3.8) is 0 Å². The van der Waals surface area contributed by atoms with Crippen molar-refractivity contribution < 1.29 is 29.3 Å². The number of aliphatic hydroxyl groups is 2. The third-order valence-corrected chi connectivity index (χ3v) is 8.11. The number of aliphatic hydroxyl groups excluding tert-OH is 2. The van der Waals surface area contributed by atoms with Crippen molar-refractivity contribution in [1.29, 1.82) is 0 Å². The summed E-state index contributed by atoms with van der Waals surface area (Å²) < 4.78 is 11.8. The van der Waals surface area contributed by atoms with Crippen LogP contribution >= 0.6 is 0 Å². The van der Waals surface area contributed by atoms with Crippen molar-refractivity contribution in [3.8, 4) is 0 Å².